The molecule has 0 aliphatic heterocycles. The van der Waals surface area contributed by atoms with Crippen LogP contribution in [-0.2, 0) is 6.54 Å². The van der Waals surface area contributed by atoms with Gasteiger partial charge in [-0.15, -0.1) is 5.10 Å². The van der Waals surface area contributed by atoms with Gasteiger partial charge in [0.1, 0.15) is 5.52 Å². The second-order valence-electron chi connectivity index (χ2n) is 4.43. The lowest BCUT2D eigenvalue weighted by Gasteiger charge is -2.03. The summed E-state index contributed by atoms with van der Waals surface area (Å²) in [5.41, 5.74) is 3.59. The third-order valence-corrected chi connectivity index (χ3v) is 3.59. The molecule has 0 fully saturated rings. The van der Waals surface area contributed by atoms with Crippen LogP contribution in [0, 0.1) is 0 Å². The van der Waals surface area contributed by atoms with E-state index in [0.29, 0.717) is 6.54 Å². The minimum atomic E-state index is 0.571. The fraction of sp³-hybridized carbons (Fsp3) is 0.0769. The molecule has 0 aliphatic rings. The summed E-state index contributed by atoms with van der Waals surface area (Å²) in [5.74, 6) is 0. The Morgan fingerprint density at radius 1 is 1.15 bits per heavy atom. The molecule has 0 spiro atoms. The standard InChI is InChI=1S/C13H9BrN6/c14-9-1-3-11-12(7-9)20(18-16-11)8-10-2-4-13-15-5-6-19(13)17-10/h1-7H,8H2. The minimum absolute atomic E-state index is 0.571. The predicted octanol–water partition coefficient (Wildman–Crippen LogP) is 2.28. The molecule has 0 aliphatic carbocycles. The number of hydrogen-bond donors (Lipinski definition) is 0. The van der Waals surface area contributed by atoms with Crippen LogP contribution in [0.4, 0.5) is 0 Å². The molecule has 0 amide bonds. The third-order valence-electron chi connectivity index (χ3n) is 3.10. The first-order valence-electron chi connectivity index (χ1n) is 6.08. The van der Waals surface area contributed by atoms with Crippen molar-refractivity contribution < 1.29 is 0 Å². The van der Waals surface area contributed by atoms with Crippen molar-refractivity contribution in [3.8, 4) is 0 Å². The van der Waals surface area contributed by atoms with Gasteiger partial charge in [0.2, 0.25) is 0 Å². The Balaban J connectivity index is 1.77. The van der Waals surface area contributed by atoms with Crippen molar-refractivity contribution in [2.45, 2.75) is 6.54 Å². The minimum Gasteiger partial charge on any atom is -0.239 e. The molecule has 0 atom stereocenters. The molecule has 0 saturated heterocycles. The average Bonchev–Trinajstić information content (AvgIpc) is 3.05. The van der Waals surface area contributed by atoms with Crippen LogP contribution in [0.1, 0.15) is 5.69 Å². The number of hydrogen-bond acceptors (Lipinski definition) is 4. The molecule has 7 heteroatoms. The second-order valence-corrected chi connectivity index (χ2v) is 5.35. The topological polar surface area (TPSA) is 60.9 Å². The zero-order chi connectivity index (χ0) is 13.5. The van der Waals surface area contributed by atoms with E-state index in [9.17, 15) is 0 Å². The number of fused-ring (bicyclic) bond motifs is 2. The maximum absolute atomic E-state index is 4.49. The molecule has 0 unspecified atom stereocenters. The Kier molecular flexibility index (Phi) is 2.53. The molecule has 1 aromatic carbocycles. The summed E-state index contributed by atoms with van der Waals surface area (Å²) in [6.07, 6.45) is 3.56. The Morgan fingerprint density at radius 3 is 3.05 bits per heavy atom. The van der Waals surface area contributed by atoms with E-state index in [0.717, 1.165) is 26.8 Å². The van der Waals surface area contributed by atoms with Gasteiger partial charge in [-0.2, -0.15) is 5.10 Å². The smallest absolute Gasteiger partial charge is 0.153 e. The normalized spacial score (nSPS) is 11.4. The first-order valence-corrected chi connectivity index (χ1v) is 6.87. The molecule has 20 heavy (non-hydrogen) atoms. The van der Waals surface area contributed by atoms with E-state index in [1.165, 1.54) is 0 Å². The van der Waals surface area contributed by atoms with Crippen molar-refractivity contribution in [1.82, 2.24) is 29.6 Å². The Bertz CT molecular complexity index is 909. The molecule has 4 aromatic rings. The van der Waals surface area contributed by atoms with Crippen molar-refractivity contribution in [3.05, 3.63) is 52.9 Å². The van der Waals surface area contributed by atoms with Crippen LogP contribution in [0.2, 0.25) is 0 Å². The molecule has 0 N–H and O–H groups in total. The van der Waals surface area contributed by atoms with Crippen LogP contribution in [0.25, 0.3) is 16.7 Å². The van der Waals surface area contributed by atoms with Gasteiger partial charge in [-0.1, -0.05) is 21.1 Å². The highest BCUT2D eigenvalue weighted by atomic mass is 79.9. The van der Waals surface area contributed by atoms with Crippen molar-refractivity contribution in [2.24, 2.45) is 0 Å². The zero-order valence-electron chi connectivity index (χ0n) is 10.3. The lowest BCUT2D eigenvalue weighted by Crippen LogP contribution is -2.06. The van der Waals surface area contributed by atoms with Crippen LogP contribution >= 0.6 is 15.9 Å². The maximum atomic E-state index is 4.49. The second kappa shape index (κ2) is 4.38. The van der Waals surface area contributed by atoms with Gasteiger partial charge in [-0.25, -0.2) is 14.2 Å². The van der Waals surface area contributed by atoms with Crippen molar-refractivity contribution >= 4 is 32.6 Å². The molecule has 4 rings (SSSR count). The van der Waals surface area contributed by atoms with E-state index >= 15 is 0 Å². The monoisotopic (exact) mass is 328 g/mol. The summed E-state index contributed by atoms with van der Waals surface area (Å²) in [7, 11) is 0. The van der Waals surface area contributed by atoms with Crippen molar-refractivity contribution in [1.29, 1.82) is 0 Å². The van der Waals surface area contributed by atoms with E-state index in [4.69, 9.17) is 0 Å². The summed E-state index contributed by atoms with van der Waals surface area (Å²) >= 11 is 3.47. The molecule has 0 bridgehead atoms. The van der Waals surface area contributed by atoms with E-state index in [-0.39, 0.29) is 0 Å². The van der Waals surface area contributed by atoms with Crippen molar-refractivity contribution in [2.75, 3.05) is 0 Å². The third kappa shape index (κ3) is 1.87. The van der Waals surface area contributed by atoms with E-state index in [1.807, 2.05) is 41.2 Å². The SMILES string of the molecule is Brc1ccc2nnn(Cc3ccc4nccn4n3)c2c1. The largest absolute Gasteiger partial charge is 0.239 e. The molecule has 0 radical (unpaired) electrons. The summed E-state index contributed by atoms with van der Waals surface area (Å²) in [6.45, 7) is 0.571. The van der Waals surface area contributed by atoms with Gasteiger partial charge in [-0.3, -0.25) is 0 Å². The quantitative estimate of drug-likeness (QED) is 0.566. The molecular weight excluding hydrogens is 320 g/mol. The molecule has 3 heterocycles. The van der Waals surface area contributed by atoms with Gasteiger partial charge in [0.05, 0.1) is 17.8 Å². The summed E-state index contributed by atoms with van der Waals surface area (Å²) in [4.78, 5) is 4.18. The zero-order valence-corrected chi connectivity index (χ0v) is 11.9. The van der Waals surface area contributed by atoms with Gasteiger partial charge < -0.3 is 0 Å². The highest BCUT2D eigenvalue weighted by molar-refractivity contribution is 9.10. The van der Waals surface area contributed by atoms with Crippen LogP contribution in [0.3, 0.4) is 0 Å². The Morgan fingerprint density at radius 2 is 2.10 bits per heavy atom. The molecular formula is C13H9BrN6. The van der Waals surface area contributed by atoms with E-state index in [1.54, 1.807) is 10.7 Å². The molecule has 6 nitrogen and oxygen atoms in total. The lowest BCUT2D eigenvalue weighted by atomic mass is 10.3. The molecule has 98 valence electrons. The lowest BCUT2D eigenvalue weighted by molar-refractivity contribution is 0.646. The highest BCUT2D eigenvalue weighted by Gasteiger charge is 2.07. The van der Waals surface area contributed by atoms with E-state index in [2.05, 4.69) is 36.3 Å². The number of halogens is 1. The van der Waals surface area contributed by atoms with Gasteiger partial charge >= 0.3 is 0 Å². The van der Waals surface area contributed by atoms with Gasteiger partial charge in [0.25, 0.3) is 0 Å². The summed E-state index contributed by atoms with van der Waals surface area (Å²) in [6, 6.07) is 9.79. The highest BCUT2D eigenvalue weighted by Crippen LogP contribution is 2.18. The van der Waals surface area contributed by atoms with Gasteiger partial charge in [0, 0.05) is 16.9 Å². The molecule has 3 aromatic heterocycles. The number of benzene rings is 1. The van der Waals surface area contributed by atoms with Crippen LogP contribution in [0.15, 0.2) is 47.2 Å². The summed E-state index contributed by atoms with van der Waals surface area (Å²) < 4.78 is 4.60. The number of rotatable bonds is 2. The van der Waals surface area contributed by atoms with Crippen LogP contribution < -0.4 is 0 Å². The van der Waals surface area contributed by atoms with Crippen molar-refractivity contribution in [3.63, 3.8) is 0 Å². The molecule has 0 saturated carbocycles. The fourth-order valence-electron chi connectivity index (χ4n) is 2.15. The number of nitrogens with zero attached hydrogens (tertiary/aromatic N) is 6. The first kappa shape index (κ1) is 11.5. The Labute approximate surface area is 122 Å². The van der Waals surface area contributed by atoms with Gasteiger partial charge in [-0.05, 0) is 30.3 Å². The van der Waals surface area contributed by atoms with E-state index < -0.39 is 0 Å². The number of imidazole rings is 1. The first-order chi connectivity index (χ1) is 9.79. The summed E-state index contributed by atoms with van der Waals surface area (Å²) in [5, 5.41) is 12.8. The number of aromatic nitrogens is 6. The average molecular weight is 329 g/mol. The van der Waals surface area contributed by atoms with Gasteiger partial charge in [0.15, 0.2) is 5.65 Å². The van der Waals surface area contributed by atoms with Crippen LogP contribution in [0.5, 0.6) is 0 Å². The predicted molar refractivity (Wildman–Crippen MR) is 77.3 cm³/mol. The maximum Gasteiger partial charge on any atom is 0.153 e. The fourth-order valence-corrected chi connectivity index (χ4v) is 2.50. The Hall–Kier alpha value is -2.28. The van der Waals surface area contributed by atoms with Crippen LogP contribution in [-0.4, -0.2) is 29.6 Å².